The molecule has 0 N–H and O–H groups in total. The van der Waals surface area contributed by atoms with E-state index < -0.39 is 10.4 Å². The number of unbranched alkanes of at least 4 members (excludes halogenated alkanes) is 24. The van der Waals surface area contributed by atoms with E-state index >= 15 is 0 Å². The van der Waals surface area contributed by atoms with Gasteiger partial charge in [0.1, 0.15) is 0 Å². The molecule has 0 rings (SSSR count). The summed E-state index contributed by atoms with van der Waals surface area (Å²) in [6, 6.07) is 0. The van der Waals surface area contributed by atoms with E-state index in [2.05, 4.69) is 59.7 Å². The average Bonchev–Trinajstić information content (AvgIpc) is 3.19. The van der Waals surface area contributed by atoms with Crippen LogP contribution < -0.4 is 5.26 Å². The molecule has 0 bridgehead atoms. The lowest BCUT2D eigenvalue weighted by atomic mass is 10.1. The number of hydrogen-bond donors (Lipinski definition) is 0. The summed E-state index contributed by atoms with van der Waals surface area (Å²) in [7, 11) is -4.97. The molecule has 0 unspecified atom stereocenters. The fraction of sp³-hybridized carbons (Fsp3) is 1.00. The van der Waals surface area contributed by atoms with Crippen molar-refractivity contribution in [3.05, 3.63) is 0 Å². The van der Waals surface area contributed by atoms with Gasteiger partial charge in [-0.15, -0.1) is 0 Å². The second-order valence-electron chi connectivity index (χ2n) is 17.4. The lowest BCUT2D eigenvalue weighted by molar-refractivity contribution is -0.929. The molecule has 0 aliphatic heterocycles. The minimum atomic E-state index is -4.97. The first kappa shape index (κ1) is 60.1. The molecular formula is C48H104N2O5S. The van der Waals surface area contributed by atoms with Gasteiger partial charge in [0.25, 0.3) is 0 Å². The Morgan fingerprint density at radius 1 is 0.304 bits per heavy atom. The molecule has 0 aromatic carbocycles. The third kappa shape index (κ3) is 43.3. The summed E-state index contributed by atoms with van der Waals surface area (Å²) in [6.07, 6.45) is 45.7. The summed E-state index contributed by atoms with van der Waals surface area (Å²) < 4.78 is 31.8. The molecule has 0 aliphatic carbocycles. The summed E-state index contributed by atoms with van der Waals surface area (Å²) in [4.78, 5) is 0. The van der Waals surface area contributed by atoms with Crippen molar-refractivity contribution < 1.29 is 31.5 Å². The molecule has 0 atom stereocenters. The van der Waals surface area contributed by atoms with Gasteiger partial charge in [0.2, 0.25) is 10.4 Å². The Bertz CT molecular complexity index is 682. The highest BCUT2D eigenvalue weighted by Gasteiger charge is 2.27. The maximum atomic E-state index is 8.91. The minimum absolute atomic E-state index is 1.36. The molecule has 0 heterocycles. The second kappa shape index (κ2) is 45.8. The van der Waals surface area contributed by atoms with E-state index in [-0.39, 0.29) is 0 Å². The largest absolute Gasteiger partial charge is 0.726 e. The van der Waals surface area contributed by atoms with Crippen molar-refractivity contribution in [3.63, 3.8) is 0 Å². The van der Waals surface area contributed by atoms with Gasteiger partial charge >= 0.3 is 0 Å². The zero-order valence-corrected chi connectivity index (χ0v) is 40.4. The molecule has 0 aromatic heterocycles. The average molecular weight is 821 g/mol. The van der Waals surface area contributed by atoms with Crippen LogP contribution in [0.2, 0.25) is 0 Å². The van der Waals surface area contributed by atoms with Crippen LogP contribution in [0.4, 0.5) is 0 Å². The van der Waals surface area contributed by atoms with Crippen molar-refractivity contribution in [3.8, 4) is 0 Å². The molecule has 0 spiro atoms. The monoisotopic (exact) mass is 821 g/mol. The summed E-state index contributed by atoms with van der Waals surface area (Å²) >= 11 is 0. The van der Waals surface area contributed by atoms with Gasteiger partial charge < -0.3 is 23.1 Å². The van der Waals surface area contributed by atoms with Crippen LogP contribution in [0.1, 0.15) is 261 Å². The molecule has 0 saturated carbocycles. The lowest BCUT2D eigenvalue weighted by Gasteiger charge is -2.39. The van der Waals surface area contributed by atoms with Crippen molar-refractivity contribution >= 4 is 10.4 Å². The Kier molecular flexibility index (Phi) is 49.1. The highest BCUT2D eigenvalue weighted by atomic mass is 32.3. The lowest BCUT2D eigenvalue weighted by Crippen LogP contribution is -2.50. The third-order valence-electron chi connectivity index (χ3n) is 12.0. The Labute approximate surface area is 354 Å². The van der Waals surface area contributed by atoms with Gasteiger partial charge in [-0.3, -0.25) is 0 Å². The van der Waals surface area contributed by atoms with Crippen LogP contribution in [0.15, 0.2) is 0 Å². The van der Waals surface area contributed by atoms with E-state index in [1.54, 1.807) is 0 Å². The molecular weight excluding hydrogens is 717 g/mol. The fourth-order valence-corrected chi connectivity index (χ4v) is 8.33. The summed E-state index contributed by atoms with van der Waals surface area (Å²) in [5, 5.41) is 8.55. The van der Waals surface area contributed by atoms with Gasteiger partial charge in [0, 0.05) is 0 Å². The highest BCUT2D eigenvalue weighted by molar-refractivity contribution is 7.80. The number of hydrogen-bond acceptors (Lipinski definition) is 5. The molecule has 0 saturated heterocycles. The van der Waals surface area contributed by atoms with Crippen LogP contribution in [0.5, 0.6) is 0 Å². The first-order chi connectivity index (χ1) is 27.0. The van der Waals surface area contributed by atoms with Crippen molar-refractivity contribution in [1.82, 2.24) is 0 Å². The zero-order chi connectivity index (χ0) is 42.5. The molecule has 0 aromatic rings. The van der Waals surface area contributed by atoms with Crippen molar-refractivity contribution in [2.75, 3.05) is 52.4 Å². The Morgan fingerprint density at radius 3 is 0.518 bits per heavy atom. The molecule has 0 aliphatic rings. The van der Waals surface area contributed by atoms with E-state index in [9.17, 15) is 0 Å². The summed E-state index contributed by atoms with van der Waals surface area (Å²) in [6.45, 7) is 30.4. The van der Waals surface area contributed by atoms with E-state index in [1.807, 2.05) is 0 Å². The van der Waals surface area contributed by atoms with Crippen LogP contribution >= 0.6 is 0 Å². The standard InChI is InChI=1S/2C24H52N.H2O5S/c2*1-5-9-13-17-21-25(22-18-14-10-6-2,23-19-15-11-7-3)24-20-16-12-8-4;1-5-6(2,3)4/h2*5-24H2,1-4H3;1H,(H,2,3,4)/q2*+1;/p-2. The SMILES string of the molecule is CCCCCC[N+](CCCCCC)(CCCCCC)CCCCCC.CCCCCC[N+](CCCCCC)(CCCCCC)CCCCCC.O=S(=O)([O-])O[O-]. The van der Waals surface area contributed by atoms with Crippen molar-refractivity contribution in [1.29, 1.82) is 0 Å². The first-order valence-corrected chi connectivity index (χ1v) is 26.4. The smallest absolute Gasteiger partial charge is 0.208 e. The van der Waals surface area contributed by atoms with Crippen LogP contribution in [0.25, 0.3) is 0 Å². The number of nitrogens with zero attached hydrogens (tertiary/aromatic N) is 2. The molecule has 0 radical (unpaired) electrons. The van der Waals surface area contributed by atoms with E-state index in [0.717, 1.165) is 0 Å². The maximum Gasteiger partial charge on any atom is 0.208 e. The normalized spacial score (nSPS) is 12.0. The molecule has 0 fully saturated rings. The number of quaternary nitrogens is 2. The van der Waals surface area contributed by atoms with Gasteiger partial charge in [0.15, 0.2) is 0 Å². The predicted molar refractivity (Wildman–Crippen MR) is 243 cm³/mol. The highest BCUT2D eigenvalue weighted by Crippen LogP contribution is 2.21. The molecule has 56 heavy (non-hydrogen) atoms. The second-order valence-corrected chi connectivity index (χ2v) is 18.4. The third-order valence-corrected chi connectivity index (χ3v) is 12.1. The van der Waals surface area contributed by atoms with Gasteiger partial charge in [0.05, 0.1) is 52.4 Å². The van der Waals surface area contributed by atoms with E-state index in [1.165, 1.54) is 267 Å². The van der Waals surface area contributed by atoms with Crippen LogP contribution in [0.3, 0.4) is 0 Å². The zero-order valence-electron chi connectivity index (χ0n) is 39.6. The number of rotatable bonds is 41. The van der Waals surface area contributed by atoms with Crippen molar-refractivity contribution in [2.45, 2.75) is 261 Å². The summed E-state index contributed by atoms with van der Waals surface area (Å²) in [5.41, 5.74) is 0. The van der Waals surface area contributed by atoms with Gasteiger partial charge in [-0.05, 0) is 103 Å². The maximum absolute atomic E-state index is 8.91. The first-order valence-electron chi connectivity index (χ1n) is 25.0. The van der Waals surface area contributed by atoms with Gasteiger partial charge in [-0.25, -0.2) is 8.42 Å². The fourth-order valence-electron chi connectivity index (χ4n) is 8.33. The topological polar surface area (TPSA) is 89.5 Å². The van der Waals surface area contributed by atoms with Gasteiger partial charge in [-0.2, -0.15) is 0 Å². The van der Waals surface area contributed by atoms with Crippen LogP contribution in [0, 0.1) is 0 Å². The molecule has 8 heteroatoms. The summed E-state index contributed by atoms with van der Waals surface area (Å²) in [5.74, 6) is 0. The van der Waals surface area contributed by atoms with Crippen molar-refractivity contribution in [2.24, 2.45) is 0 Å². The van der Waals surface area contributed by atoms with E-state index in [0.29, 0.717) is 0 Å². The van der Waals surface area contributed by atoms with E-state index in [4.69, 9.17) is 18.2 Å². The molecule has 0 amide bonds. The predicted octanol–water partition coefficient (Wildman–Crippen LogP) is 14.0. The quantitative estimate of drug-likeness (QED) is 0.0153. The Hall–Kier alpha value is -0.250. The molecule has 7 nitrogen and oxygen atoms in total. The Morgan fingerprint density at radius 2 is 0.429 bits per heavy atom. The van der Waals surface area contributed by atoms with Crippen LogP contribution in [-0.2, 0) is 14.7 Å². The minimum Gasteiger partial charge on any atom is -0.726 e. The Balaban J connectivity index is -0.000000874. The van der Waals surface area contributed by atoms with Crippen LogP contribution in [-0.4, -0.2) is 74.3 Å². The molecule has 342 valence electrons. The van der Waals surface area contributed by atoms with Gasteiger partial charge in [-0.1, -0.05) is 158 Å².